The fourth-order valence-corrected chi connectivity index (χ4v) is 2.04. The molecule has 94 valence electrons. The van der Waals surface area contributed by atoms with E-state index < -0.39 is 0 Å². The molecule has 3 nitrogen and oxygen atoms in total. The van der Waals surface area contributed by atoms with Crippen molar-refractivity contribution in [2.24, 2.45) is 11.0 Å². The number of hydrogen-bond acceptors (Lipinski definition) is 2. The number of amides is 1. The molecule has 0 aromatic heterocycles. The predicted octanol–water partition coefficient (Wildman–Crippen LogP) is 3.41. The van der Waals surface area contributed by atoms with Crippen LogP contribution in [-0.4, -0.2) is 12.1 Å². The first kappa shape index (κ1) is 12.8. The molecule has 0 saturated carbocycles. The Kier molecular flexibility index (Phi) is 4.53. The summed E-state index contributed by atoms with van der Waals surface area (Å²) < 4.78 is 0. The molecule has 1 aliphatic rings. The number of benzene rings is 1. The molecule has 2 rings (SSSR count). The molecular formula is C14H15ClN2O. The lowest BCUT2D eigenvalue weighted by molar-refractivity contribution is 0.0955. The highest BCUT2D eigenvalue weighted by Gasteiger charge is 2.07. The fourth-order valence-electron chi connectivity index (χ4n) is 1.85. The molecule has 0 bridgehead atoms. The van der Waals surface area contributed by atoms with E-state index in [1.54, 1.807) is 24.3 Å². The van der Waals surface area contributed by atoms with E-state index in [-0.39, 0.29) is 5.91 Å². The fraction of sp³-hybridized carbons (Fsp3) is 0.286. The van der Waals surface area contributed by atoms with Crippen LogP contribution < -0.4 is 5.43 Å². The molecule has 1 aromatic rings. The summed E-state index contributed by atoms with van der Waals surface area (Å²) >= 11 is 5.82. The van der Waals surface area contributed by atoms with Gasteiger partial charge in [0.2, 0.25) is 0 Å². The van der Waals surface area contributed by atoms with E-state index in [9.17, 15) is 4.79 Å². The number of rotatable bonds is 3. The molecule has 0 fully saturated rings. The van der Waals surface area contributed by atoms with E-state index >= 15 is 0 Å². The minimum atomic E-state index is -0.236. The second kappa shape index (κ2) is 6.36. The Hall–Kier alpha value is -1.61. The molecule has 0 heterocycles. The predicted molar refractivity (Wildman–Crippen MR) is 73.9 cm³/mol. The number of hydrogen-bond donors (Lipinski definition) is 1. The highest BCUT2D eigenvalue weighted by Crippen LogP contribution is 2.15. The number of hydrazone groups is 1. The van der Waals surface area contributed by atoms with Gasteiger partial charge in [0.25, 0.3) is 5.91 Å². The van der Waals surface area contributed by atoms with Gasteiger partial charge in [-0.1, -0.05) is 29.8 Å². The van der Waals surface area contributed by atoms with Crippen LogP contribution in [0.15, 0.2) is 41.5 Å². The van der Waals surface area contributed by atoms with E-state index in [0.717, 1.165) is 19.3 Å². The molecular weight excluding hydrogens is 248 g/mol. The molecule has 0 aliphatic heterocycles. The third-order valence-corrected chi connectivity index (χ3v) is 3.08. The van der Waals surface area contributed by atoms with Gasteiger partial charge in [-0.05, 0) is 43.4 Å². The first-order valence-electron chi connectivity index (χ1n) is 6.00. The lowest BCUT2D eigenvalue weighted by Crippen LogP contribution is -2.18. The standard InChI is InChI=1S/C14H15ClN2O/c15-13-8-4-7-12(9-13)14(18)17-16-10-11-5-2-1-3-6-11/h1-2,4,7-11H,3,5-6H2,(H,17,18). The van der Waals surface area contributed by atoms with E-state index in [0.29, 0.717) is 16.5 Å². The normalized spacial score (nSPS) is 19.1. The first-order valence-corrected chi connectivity index (χ1v) is 6.37. The Morgan fingerprint density at radius 1 is 1.44 bits per heavy atom. The minimum Gasteiger partial charge on any atom is -0.267 e. The zero-order valence-corrected chi connectivity index (χ0v) is 10.7. The van der Waals surface area contributed by atoms with Crippen molar-refractivity contribution in [1.82, 2.24) is 5.43 Å². The Labute approximate surface area is 112 Å². The maximum absolute atomic E-state index is 11.7. The third-order valence-electron chi connectivity index (χ3n) is 2.85. The lowest BCUT2D eigenvalue weighted by Gasteiger charge is -2.11. The molecule has 1 unspecified atom stereocenters. The summed E-state index contributed by atoms with van der Waals surface area (Å²) in [5.74, 6) is 0.190. The summed E-state index contributed by atoms with van der Waals surface area (Å²) in [5, 5.41) is 4.54. The molecule has 0 spiro atoms. The smallest absolute Gasteiger partial charge is 0.267 e. The third kappa shape index (κ3) is 3.70. The molecule has 0 radical (unpaired) electrons. The number of nitrogens with zero attached hydrogens (tertiary/aromatic N) is 1. The van der Waals surface area contributed by atoms with Gasteiger partial charge < -0.3 is 0 Å². The van der Waals surface area contributed by atoms with E-state index in [1.807, 2.05) is 6.21 Å². The van der Waals surface area contributed by atoms with Crippen molar-refractivity contribution in [3.05, 3.63) is 47.0 Å². The highest BCUT2D eigenvalue weighted by atomic mass is 35.5. The van der Waals surface area contributed by atoms with Crippen LogP contribution >= 0.6 is 11.6 Å². The van der Waals surface area contributed by atoms with Gasteiger partial charge in [0.15, 0.2) is 0 Å². The molecule has 18 heavy (non-hydrogen) atoms. The average molecular weight is 263 g/mol. The van der Waals surface area contributed by atoms with Crippen LogP contribution in [0.5, 0.6) is 0 Å². The van der Waals surface area contributed by atoms with Crippen LogP contribution in [-0.2, 0) is 0 Å². The van der Waals surface area contributed by atoms with Crippen LogP contribution in [0.25, 0.3) is 0 Å². The zero-order chi connectivity index (χ0) is 12.8. The summed E-state index contributed by atoms with van der Waals surface area (Å²) in [6.45, 7) is 0. The largest absolute Gasteiger partial charge is 0.271 e. The van der Waals surface area contributed by atoms with Gasteiger partial charge in [0.05, 0.1) is 0 Å². The van der Waals surface area contributed by atoms with Gasteiger partial charge in [-0.25, -0.2) is 5.43 Å². The Morgan fingerprint density at radius 2 is 2.33 bits per heavy atom. The van der Waals surface area contributed by atoms with Crippen molar-refractivity contribution in [1.29, 1.82) is 0 Å². The molecule has 1 amide bonds. The summed E-state index contributed by atoms with van der Waals surface area (Å²) in [5.41, 5.74) is 3.04. The number of carbonyl (C=O) groups is 1. The van der Waals surface area contributed by atoms with Crippen molar-refractivity contribution < 1.29 is 4.79 Å². The van der Waals surface area contributed by atoms with E-state index in [2.05, 4.69) is 22.7 Å². The minimum absolute atomic E-state index is 0.236. The van der Waals surface area contributed by atoms with Crippen molar-refractivity contribution in [2.45, 2.75) is 19.3 Å². The highest BCUT2D eigenvalue weighted by molar-refractivity contribution is 6.30. The van der Waals surface area contributed by atoms with Crippen molar-refractivity contribution in [2.75, 3.05) is 0 Å². The molecule has 4 heteroatoms. The second-order valence-corrected chi connectivity index (χ2v) is 4.71. The Morgan fingerprint density at radius 3 is 3.06 bits per heavy atom. The van der Waals surface area contributed by atoms with Crippen LogP contribution in [0, 0.1) is 5.92 Å². The summed E-state index contributed by atoms with van der Waals surface area (Å²) in [6.07, 6.45) is 9.31. The number of halogens is 1. The van der Waals surface area contributed by atoms with Crippen LogP contribution in [0.3, 0.4) is 0 Å². The van der Waals surface area contributed by atoms with Crippen LogP contribution in [0.4, 0.5) is 0 Å². The maximum Gasteiger partial charge on any atom is 0.271 e. The van der Waals surface area contributed by atoms with Crippen molar-refractivity contribution in [3.63, 3.8) is 0 Å². The number of carbonyl (C=O) groups excluding carboxylic acids is 1. The van der Waals surface area contributed by atoms with Crippen molar-refractivity contribution in [3.8, 4) is 0 Å². The Balaban J connectivity index is 1.88. The van der Waals surface area contributed by atoms with Gasteiger partial charge in [-0.3, -0.25) is 4.79 Å². The average Bonchev–Trinajstić information content (AvgIpc) is 2.40. The molecule has 1 aliphatic carbocycles. The lowest BCUT2D eigenvalue weighted by atomic mass is 9.96. The van der Waals surface area contributed by atoms with Gasteiger partial charge in [-0.2, -0.15) is 5.10 Å². The van der Waals surface area contributed by atoms with Crippen LogP contribution in [0.2, 0.25) is 5.02 Å². The number of nitrogens with one attached hydrogen (secondary N) is 1. The maximum atomic E-state index is 11.7. The molecule has 0 saturated heterocycles. The van der Waals surface area contributed by atoms with E-state index in [1.165, 1.54) is 0 Å². The summed E-state index contributed by atoms with van der Waals surface area (Å²) in [4.78, 5) is 11.7. The SMILES string of the molecule is O=C(NN=CC1CC=CCC1)c1cccc(Cl)c1. The Bertz CT molecular complexity index is 482. The van der Waals surface area contributed by atoms with Gasteiger partial charge in [-0.15, -0.1) is 0 Å². The van der Waals surface area contributed by atoms with E-state index in [4.69, 9.17) is 11.6 Å². The monoisotopic (exact) mass is 262 g/mol. The summed E-state index contributed by atoms with van der Waals surface area (Å²) in [7, 11) is 0. The molecule has 1 aromatic carbocycles. The second-order valence-electron chi connectivity index (χ2n) is 4.27. The molecule has 1 atom stereocenters. The van der Waals surface area contributed by atoms with Gasteiger partial charge in [0.1, 0.15) is 0 Å². The summed E-state index contributed by atoms with van der Waals surface area (Å²) in [6, 6.07) is 6.80. The topological polar surface area (TPSA) is 41.5 Å². The van der Waals surface area contributed by atoms with Crippen molar-refractivity contribution >= 4 is 23.7 Å². The van der Waals surface area contributed by atoms with Gasteiger partial charge in [0, 0.05) is 16.8 Å². The number of allylic oxidation sites excluding steroid dienone is 2. The van der Waals surface area contributed by atoms with Gasteiger partial charge >= 0.3 is 0 Å². The quantitative estimate of drug-likeness (QED) is 0.506. The van der Waals surface area contributed by atoms with Crippen LogP contribution in [0.1, 0.15) is 29.6 Å². The first-order chi connectivity index (χ1) is 8.75. The zero-order valence-electron chi connectivity index (χ0n) is 9.97. The molecule has 1 N–H and O–H groups in total.